The minimum absolute atomic E-state index is 0.0441. The van der Waals surface area contributed by atoms with Crippen molar-refractivity contribution in [2.24, 2.45) is 22.5 Å². The fourth-order valence-electron chi connectivity index (χ4n) is 5.07. The molecule has 2 bridgehead atoms. The van der Waals surface area contributed by atoms with Gasteiger partial charge in [-0.05, 0) is 48.9 Å². The molecular weight excluding hydrogens is 322 g/mol. The monoisotopic (exact) mass is 351 g/mol. The number of carboxylic acids is 1. The number of carbonyl (C=O) groups excluding carboxylic acids is 2. The summed E-state index contributed by atoms with van der Waals surface area (Å²) in [6, 6.07) is -1.05. The number of rotatable bonds is 6. The molecule has 5 N–H and O–H groups in total. The SMILES string of the molecule is CC12CCC(C1)C(C)(C)C2NC(=O)C1(NC(=O)[C@@H](N)CC(=O)O)CC1. The molecule has 3 aliphatic carbocycles. The first-order valence-electron chi connectivity index (χ1n) is 9.11. The third kappa shape index (κ3) is 3.03. The zero-order valence-electron chi connectivity index (χ0n) is 15.2. The lowest BCUT2D eigenvalue weighted by Gasteiger charge is -2.43. The largest absolute Gasteiger partial charge is 0.481 e. The predicted molar refractivity (Wildman–Crippen MR) is 91.5 cm³/mol. The molecule has 7 heteroatoms. The van der Waals surface area contributed by atoms with Crippen LogP contribution in [0.3, 0.4) is 0 Å². The van der Waals surface area contributed by atoms with Gasteiger partial charge < -0.3 is 21.5 Å². The number of carbonyl (C=O) groups is 3. The molecule has 3 rings (SSSR count). The van der Waals surface area contributed by atoms with Gasteiger partial charge in [-0.1, -0.05) is 20.8 Å². The fourth-order valence-corrected chi connectivity index (χ4v) is 5.07. The second-order valence-corrected chi connectivity index (χ2v) is 9.10. The Morgan fingerprint density at radius 1 is 1.20 bits per heavy atom. The van der Waals surface area contributed by atoms with Crippen molar-refractivity contribution >= 4 is 17.8 Å². The molecule has 140 valence electrons. The van der Waals surface area contributed by atoms with Crippen molar-refractivity contribution in [3.63, 3.8) is 0 Å². The van der Waals surface area contributed by atoms with Gasteiger partial charge in [0.05, 0.1) is 12.5 Å². The molecule has 0 aromatic heterocycles. The van der Waals surface area contributed by atoms with Crippen LogP contribution in [0, 0.1) is 16.7 Å². The van der Waals surface area contributed by atoms with Crippen LogP contribution in [0.15, 0.2) is 0 Å². The van der Waals surface area contributed by atoms with Crippen LogP contribution < -0.4 is 16.4 Å². The summed E-state index contributed by atoms with van der Waals surface area (Å²) in [5.74, 6) is -1.24. The maximum Gasteiger partial charge on any atom is 0.305 e. The molecule has 0 heterocycles. The van der Waals surface area contributed by atoms with E-state index in [1.54, 1.807) is 0 Å². The third-order valence-corrected chi connectivity index (χ3v) is 6.82. The van der Waals surface area contributed by atoms with Crippen LogP contribution in [0.5, 0.6) is 0 Å². The Hall–Kier alpha value is -1.63. The summed E-state index contributed by atoms with van der Waals surface area (Å²) in [6.07, 6.45) is 4.15. The van der Waals surface area contributed by atoms with Crippen LogP contribution in [0.2, 0.25) is 0 Å². The van der Waals surface area contributed by atoms with Crippen molar-refractivity contribution in [1.29, 1.82) is 0 Å². The highest BCUT2D eigenvalue weighted by molar-refractivity contribution is 5.96. The van der Waals surface area contributed by atoms with E-state index in [1.807, 2.05) is 0 Å². The van der Waals surface area contributed by atoms with Crippen LogP contribution in [-0.4, -0.2) is 40.5 Å². The molecule has 3 fully saturated rings. The zero-order valence-corrected chi connectivity index (χ0v) is 15.2. The number of amides is 2. The van der Waals surface area contributed by atoms with E-state index >= 15 is 0 Å². The van der Waals surface area contributed by atoms with Crippen molar-refractivity contribution in [3.05, 3.63) is 0 Å². The van der Waals surface area contributed by atoms with Gasteiger partial charge in [-0.2, -0.15) is 0 Å². The van der Waals surface area contributed by atoms with Gasteiger partial charge in [0.15, 0.2) is 0 Å². The molecule has 0 spiro atoms. The highest BCUT2D eigenvalue weighted by Gasteiger charge is 2.61. The first-order chi connectivity index (χ1) is 11.5. The normalized spacial score (nSPS) is 35.0. The first-order valence-corrected chi connectivity index (χ1v) is 9.11. The molecule has 3 saturated carbocycles. The van der Waals surface area contributed by atoms with Gasteiger partial charge in [0.25, 0.3) is 0 Å². The number of carboxylic acid groups (broad SMARTS) is 1. The molecule has 4 atom stereocenters. The molecular formula is C18H29N3O4. The maximum atomic E-state index is 12.9. The van der Waals surface area contributed by atoms with Gasteiger partial charge in [0, 0.05) is 6.04 Å². The Labute approximate surface area is 148 Å². The molecule has 3 unspecified atom stereocenters. The van der Waals surface area contributed by atoms with Crippen LogP contribution >= 0.6 is 0 Å². The Morgan fingerprint density at radius 3 is 2.32 bits per heavy atom. The topological polar surface area (TPSA) is 122 Å². The van der Waals surface area contributed by atoms with E-state index in [4.69, 9.17) is 10.8 Å². The Bertz CT molecular complexity index is 609. The van der Waals surface area contributed by atoms with Gasteiger partial charge in [-0.3, -0.25) is 14.4 Å². The summed E-state index contributed by atoms with van der Waals surface area (Å²) >= 11 is 0. The van der Waals surface area contributed by atoms with E-state index in [2.05, 4.69) is 31.4 Å². The lowest BCUT2D eigenvalue weighted by atomic mass is 9.68. The summed E-state index contributed by atoms with van der Waals surface area (Å²) in [5.41, 5.74) is 4.85. The zero-order chi connectivity index (χ0) is 18.6. The summed E-state index contributed by atoms with van der Waals surface area (Å²) < 4.78 is 0. The number of aliphatic carboxylic acids is 1. The molecule has 0 aromatic rings. The maximum absolute atomic E-state index is 12.9. The van der Waals surface area contributed by atoms with Crippen molar-refractivity contribution in [2.75, 3.05) is 0 Å². The lowest BCUT2D eigenvalue weighted by Crippen LogP contribution is -2.59. The minimum Gasteiger partial charge on any atom is -0.481 e. The van der Waals surface area contributed by atoms with Crippen molar-refractivity contribution in [2.45, 2.75) is 76.9 Å². The smallest absolute Gasteiger partial charge is 0.305 e. The number of hydrogen-bond acceptors (Lipinski definition) is 4. The second-order valence-electron chi connectivity index (χ2n) is 9.10. The van der Waals surface area contributed by atoms with Crippen LogP contribution in [0.25, 0.3) is 0 Å². The molecule has 3 aliphatic rings. The third-order valence-electron chi connectivity index (χ3n) is 6.82. The quantitative estimate of drug-likeness (QED) is 0.563. The van der Waals surface area contributed by atoms with Gasteiger partial charge in [0.2, 0.25) is 11.8 Å². The number of fused-ring (bicyclic) bond motifs is 2. The molecule has 0 radical (unpaired) electrons. The van der Waals surface area contributed by atoms with Crippen LogP contribution in [0.1, 0.15) is 59.3 Å². The molecule has 0 aliphatic heterocycles. The van der Waals surface area contributed by atoms with Gasteiger partial charge in [-0.15, -0.1) is 0 Å². The number of nitrogens with two attached hydrogens (primary N) is 1. The molecule has 2 amide bonds. The second kappa shape index (κ2) is 5.69. The minimum atomic E-state index is -1.14. The average molecular weight is 351 g/mol. The summed E-state index contributed by atoms with van der Waals surface area (Å²) in [5, 5.41) is 14.7. The lowest BCUT2D eigenvalue weighted by molar-refractivity contribution is -0.140. The molecule has 25 heavy (non-hydrogen) atoms. The molecule has 0 aromatic carbocycles. The predicted octanol–water partition coefficient (Wildman–Crippen LogP) is 0.768. The Kier molecular flexibility index (Phi) is 4.14. The average Bonchev–Trinajstić information content (AvgIpc) is 3.12. The van der Waals surface area contributed by atoms with E-state index < -0.39 is 29.9 Å². The van der Waals surface area contributed by atoms with Gasteiger partial charge in [0.1, 0.15) is 5.54 Å². The number of nitrogens with one attached hydrogen (secondary N) is 2. The highest BCUT2D eigenvalue weighted by Crippen LogP contribution is 2.62. The first kappa shape index (κ1) is 18.2. The van der Waals surface area contributed by atoms with Gasteiger partial charge >= 0.3 is 5.97 Å². The van der Waals surface area contributed by atoms with Crippen molar-refractivity contribution < 1.29 is 19.5 Å². The van der Waals surface area contributed by atoms with Crippen molar-refractivity contribution in [3.8, 4) is 0 Å². The molecule has 0 saturated heterocycles. The van der Waals surface area contributed by atoms with E-state index in [0.717, 1.165) is 12.8 Å². The van der Waals surface area contributed by atoms with Crippen molar-refractivity contribution in [1.82, 2.24) is 10.6 Å². The van der Waals surface area contributed by atoms with E-state index in [-0.39, 0.29) is 22.8 Å². The number of hydrogen-bond donors (Lipinski definition) is 4. The van der Waals surface area contributed by atoms with Gasteiger partial charge in [-0.25, -0.2) is 0 Å². The highest BCUT2D eigenvalue weighted by atomic mass is 16.4. The van der Waals surface area contributed by atoms with E-state index in [0.29, 0.717) is 18.8 Å². The standard InChI is InChI=1S/C18H29N3O4/c1-16(2)10-4-5-17(3,9-10)14(16)20-15(25)18(6-7-18)21-13(24)11(19)8-12(22)23/h10-11,14H,4-9,19H2,1-3H3,(H,20,25)(H,21,24)(H,22,23)/t10?,11-,14?,17?/m0/s1. The summed E-state index contributed by atoms with van der Waals surface area (Å²) in [6.45, 7) is 6.68. The Morgan fingerprint density at radius 2 is 1.84 bits per heavy atom. The Balaban J connectivity index is 1.65. The fraction of sp³-hybridized carbons (Fsp3) is 0.833. The molecule has 7 nitrogen and oxygen atoms in total. The van der Waals surface area contributed by atoms with Crippen LogP contribution in [-0.2, 0) is 14.4 Å². The summed E-state index contributed by atoms with van der Waals surface area (Å²) in [7, 11) is 0. The van der Waals surface area contributed by atoms with Crippen LogP contribution in [0.4, 0.5) is 0 Å². The van der Waals surface area contributed by atoms with E-state index in [1.165, 1.54) is 6.42 Å². The summed E-state index contributed by atoms with van der Waals surface area (Å²) in [4.78, 5) is 35.7. The van der Waals surface area contributed by atoms with E-state index in [9.17, 15) is 14.4 Å².